The quantitative estimate of drug-likeness (QED) is 0.806. The summed E-state index contributed by atoms with van der Waals surface area (Å²) in [4.78, 5) is 12.2. The lowest BCUT2D eigenvalue weighted by Gasteiger charge is -2.11. The van der Waals surface area contributed by atoms with Crippen molar-refractivity contribution in [3.8, 4) is 0 Å². The number of nitrogen functional groups attached to an aromatic ring is 1. The van der Waals surface area contributed by atoms with Gasteiger partial charge in [-0.3, -0.25) is 4.79 Å². The summed E-state index contributed by atoms with van der Waals surface area (Å²) in [7, 11) is 0. The summed E-state index contributed by atoms with van der Waals surface area (Å²) in [5.41, 5.74) is 9.53. The minimum Gasteiger partial charge on any atom is -0.399 e. The van der Waals surface area contributed by atoms with Gasteiger partial charge in [0.15, 0.2) is 0 Å². The summed E-state index contributed by atoms with van der Waals surface area (Å²) in [5.74, 6) is -0.240. The van der Waals surface area contributed by atoms with Gasteiger partial charge < -0.3 is 11.1 Å². The molecule has 0 bridgehead atoms. The van der Waals surface area contributed by atoms with Crippen LogP contribution >= 0.6 is 23.2 Å². The maximum absolute atomic E-state index is 12.2. The van der Waals surface area contributed by atoms with Gasteiger partial charge in [-0.2, -0.15) is 0 Å². The summed E-state index contributed by atoms with van der Waals surface area (Å²) >= 11 is 11.7. The molecule has 104 valence electrons. The maximum Gasteiger partial charge on any atom is 0.255 e. The largest absolute Gasteiger partial charge is 0.399 e. The van der Waals surface area contributed by atoms with E-state index in [9.17, 15) is 4.79 Å². The minimum absolute atomic E-state index is 0.240. The molecule has 2 aromatic carbocycles. The molecule has 0 atom stereocenters. The monoisotopic (exact) mass is 308 g/mol. The van der Waals surface area contributed by atoms with Crippen LogP contribution in [0.5, 0.6) is 0 Å². The van der Waals surface area contributed by atoms with Crippen molar-refractivity contribution in [1.29, 1.82) is 0 Å². The van der Waals surface area contributed by atoms with Gasteiger partial charge in [0, 0.05) is 16.9 Å². The molecule has 0 aliphatic rings. The Labute approximate surface area is 127 Å². The Bertz CT molecular complexity index is 684. The average molecular weight is 309 g/mol. The molecule has 0 saturated heterocycles. The normalized spacial score (nSPS) is 10.4. The number of amides is 1. The lowest BCUT2D eigenvalue weighted by atomic mass is 10.1. The highest BCUT2D eigenvalue weighted by Crippen LogP contribution is 2.25. The molecule has 5 heteroatoms. The highest BCUT2D eigenvalue weighted by atomic mass is 35.5. The van der Waals surface area contributed by atoms with Crippen molar-refractivity contribution in [2.75, 3.05) is 11.1 Å². The Morgan fingerprint density at radius 1 is 1.05 bits per heavy atom. The van der Waals surface area contributed by atoms with E-state index in [0.29, 0.717) is 21.3 Å². The topological polar surface area (TPSA) is 55.1 Å². The van der Waals surface area contributed by atoms with Gasteiger partial charge in [0.25, 0.3) is 5.91 Å². The third-order valence-corrected chi connectivity index (χ3v) is 3.78. The Kier molecular flexibility index (Phi) is 4.21. The fourth-order valence-corrected chi connectivity index (χ4v) is 2.10. The Morgan fingerprint density at radius 2 is 1.75 bits per heavy atom. The maximum atomic E-state index is 12.2. The Hall–Kier alpha value is -1.71. The third kappa shape index (κ3) is 3.06. The van der Waals surface area contributed by atoms with Gasteiger partial charge in [-0.25, -0.2) is 0 Å². The number of hydrogen-bond acceptors (Lipinski definition) is 2. The number of rotatable bonds is 2. The van der Waals surface area contributed by atoms with Gasteiger partial charge in [0.05, 0.1) is 10.0 Å². The molecule has 1 amide bonds. The van der Waals surface area contributed by atoms with Crippen molar-refractivity contribution in [1.82, 2.24) is 0 Å². The number of nitrogens with two attached hydrogens (primary N) is 1. The second kappa shape index (κ2) is 5.73. The van der Waals surface area contributed by atoms with Crippen molar-refractivity contribution in [2.45, 2.75) is 13.8 Å². The van der Waals surface area contributed by atoms with Crippen LogP contribution in [0.3, 0.4) is 0 Å². The number of benzene rings is 2. The second-order valence-electron chi connectivity index (χ2n) is 4.61. The lowest BCUT2D eigenvalue weighted by molar-refractivity contribution is 0.102. The fraction of sp³-hybridized carbons (Fsp3) is 0.133. The summed E-state index contributed by atoms with van der Waals surface area (Å²) in [6, 6.07) is 8.45. The van der Waals surface area contributed by atoms with E-state index < -0.39 is 0 Å². The molecule has 0 heterocycles. The number of aryl methyl sites for hydroxylation is 2. The summed E-state index contributed by atoms with van der Waals surface area (Å²) in [6.07, 6.45) is 0. The molecular weight excluding hydrogens is 295 g/mol. The number of carbonyl (C=O) groups is 1. The molecule has 2 rings (SSSR count). The smallest absolute Gasteiger partial charge is 0.255 e. The first kappa shape index (κ1) is 14.7. The molecule has 2 aromatic rings. The number of halogens is 2. The molecule has 0 unspecified atom stereocenters. The SMILES string of the molecule is Cc1cc(NC(=O)c2ccc(Cl)c(Cl)c2)c(C)cc1N. The number of hydrogen-bond donors (Lipinski definition) is 2. The molecule has 0 aliphatic carbocycles. The zero-order valence-electron chi connectivity index (χ0n) is 11.1. The van der Waals surface area contributed by atoms with Crippen LogP contribution in [-0.4, -0.2) is 5.91 Å². The predicted octanol–water partition coefficient (Wildman–Crippen LogP) is 4.44. The van der Waals surface area contributed by atoms with Crippen molar-refractivity contribution in [2.24, 2.45) is 0 Å². The molecule has 3 nitrogen and oxygen atoms in total. The zero-order valence-corrected chi connectivity index (χ0v) is 12.6. The van der Waals surface area contributed by atoms with Gasteiger partial charge >= 0.3 is 0 Å². The van der Waals surface area contributed by atoms with Crippen molar-refractivity contribution >= 4 is 40.5 Å². The molecule has 0 spiro atoms. The first-order chi connectivity index (χ1) is 9.38. The molecule has 0 fully saturated rings. The van der Waals surface area contributed by atoms with Crippen LogP contribution in [0.15, 0.2) is 30.3 Å². The summed E-state index contributed by atoms with van der Waals surface area (Å²) in [6.45, 7) is 3.78. The van der Waals surface area contributed by atoms with Crippen LogP contribution in [0.2, 0.25) is 10.0 Å². The average Bonchev–Trinajstić information content (AvgIpc) is 2.39. The second-order valence-corrected chi connectivity index (χ2v) is 5.42. The lowest BCUT2D eigenvalue weighted by Crippen LogP contribution is -2.13. The molecule has 3 N–H and O–H groups in total. The van der Waals surface area contributed by atoms with Crippen LogP contribution < -0.4 is 11.1 Å². The van der Waals surface area contributed by atoms with Gasteiger partial charge in [-0.1, -0.05) is 23.2 Å². The van der Waals surface area contributed by atoms with E-state index in [1.54, 1.807) is 18.2 Å². The van der Waals surface area contributed by atoms with Gasteiger partial charge in [0.1, 0.15) is 0 Å². The first-order valence-corrected chi connectivity index (χ1v) is 6.77. The molecule has 0 aromatic heterocycles. The summed E-state index contributed by atoms with van der Waals surface area (Å²) in [5, 5.41) is 3.62. The standard InChI is InChI=1S/C15H14Cl2N2O/c1-8-6-14(9(2)5-13(8)18)19-15(20)10-3-4-11(16)12(17)7-10/h3-7H,18H2,1-2H3,(H,19,20). The van der Waals surface area contributed by atoms with E-state index >= 15 is 0 Å². The predicted molar refractivity (Wildman–Crippen MR) is 84.7 cm³/mol. The number of carbonyl (C=O) groups excluding carboxylic acids is 1. The molecular formula is C15H14Cl2N2O. The van der Waals surface area contributed by atoms with Crippen LogP contribution in [-0.2, 0) is 0 Å². The molecule has 0 saturated carbocycles. The molecule has 0 aliphatic heterocycles. The van der Waals surface area contributed by atoms with E-state index in [1.807, 2.05) is 26.0 Å². The fourth-order valence-electron chi connectivity index (χ4n) is 1.81. The van der Waals surface area contributed by atoms with Crippen LogP contribution in [0, 0.1) is 13.8 Å². The van der Waals surface area contributed by atoms with Gasteiger partial charge in [-0.15, -0.1) is 0 Å². The van der Waals surface area contributed by atoms with E-state index in [0.717, 1.165) is 16.8 Å². The number of anilines is 2. The minimum atomic E-state index is -0.240. The van der Waals surface area contributed by atoms with Crippen LogP contribution in [0.1, 0.15) is 21.5 Å². The number of nitrogens with one attached hydrogen (secondary N) is 1. The highest BCUT2D eigenvalue weighted by molar-refractivity contribution is 6.42. The van der Waals surface area contributed by atoms with Gasteiger partial charge in [0.2, 0.25) is 0 Å². The third-order valence-electron chi connectivity index (χ3n) is 3.04. The zero-order chi connectivity index (χ0) is 14.9. The molecule has 0 radical (unpaired) electrons. The van der Waals surface area contributed by atoms with Gasteiger partial charge in [-0.05, 0) is 55.3 Å². The first-order valence-electron chi connectivity index (χ1n) is 6.01. The highest BCUT2D eigenvalue weighted by Gasteiger charge is 2.10. The molecule has 20 heavy (non-hydrogen) atoms. The van der Waals surface area contributed by atoms with Crippen LogP contribution in [0.4, 0.5) is 11.4 Å². The Balaban J connectivity index is 2.27. The summed E-state index contributed by atoms with van der Waals surface area (Å²) < 4.78 is 0. The van der Waals surface area contributed by atoms with Crippen molar-refractivity contribution in [3.05, 3.63) is 57.1 Å². The van der Waals surface area contributed by atoms with Crippen molar-refractivity contribution < 1.29 is 4.79 Å². The van der Waals surface area contributed by atoms with E-state index in [1.165, 1.54) is 0 Å². The van der Waals surface area contributed by atoms with Crippen LogP contribution in [0.25, 0.3) is 0 Å². The van der Waals surface area contributed by atoms with Crippen molar-refractivity contribution in [3.63, 3.8) is 0 Å². The van der Waals surface area contributed by atoms with E-state index in [4.69, 9.17) is 28.9 Å². The van der Waals surface area contributed by atoms with E-state index in [2.05, 4.69) is 5.32 Å². The Morgan fingerprint density at radius 3 is 2.40 bits per heavy atom. The van der Waals surface area contributed by atoms with E-state index in [-0.39, 0.29) is 5.91 Å².